The largest absolute Gasteiger partial charge is 0.101 e. The van der Waals surface area contributed by atoms with Gasteiger partial charge in [-0.2, -0.15) is 0 Å². The third-order valence-corrected chi connectivity index (χ3v) is 11.3. The Morgan fingerprint density at radius 3 is 0.529 bits per heavy atom. The van der Waals surface area contributed by atoms with Gasteiger partial charge in [0.1, 0.15) is 0 Å². The molecular weight excluding hydrogens is 557 g/mol. The van der Waals surface area contributed by atoms with Crippen molar-refractivity contribution in [1.82, 2.24) is 0 Å². The minimum Gasteiger partial charge on any atom is -0.101 e. The molecule has 0 aromatic rings. The SMILES string of the molecule is [B]B([B])B(B([B])[B])B(B(B([B])[B])B([B])[B])B(B(B(B([B])[B])B([B])[B])B(B([B])[B])B([B])[B])B(B(B([B])[B])B([B])[B])B(B([B])[B]C)B(B(C)C)B(C)C. The second-order valence-electron chi connectivity index (χ2n) is 15.5. The average molecular weight is 573 g/mol. The van der Waals surface area contributed by atoms with Crippen LogP contribution in [0.5, 0.6) is 0 Å². The first-order chi connectivity index (χ1) is 23.2. The maximum absolute atomic E-state index is 7.14. The van der Waals surface area contributed by atoms with Crippen LogP contribution in [0.25, 0.3) is 0 Å². The van der Waals surface area contributed by atoms with Gasteiger partial charge in [-0.3, -0.25) is 0 Å². The molecule has 51 heavy (non-hydrogen) atoms. The quantitative estimate of drug-likeness (QED) is 0.101. The van der Waals surface area contributed by atoms with Gasteiger partial charge >= 0.3 is 0 Å². The molecule has 0 spiro atoms. The molecule has 0 aliphatic rings. The Bertz CT molecular complexity index is 771. The summed E-state index contributed by atoms with van der Waals surface area (Å²) in [5.41, 5.74) is 0. The summed E-state index contributed by atoms with van der Waals surface area (Å²) in [4.78, 5) is 0. The van der Waals surface area contributed by atoms with Crippen LogP contribution in [0.1, 0.15) is 0 Å². The highest BCUT2D eigenvalue weighted by molar-refractivity contribution is 8.34. The molecule has 0 atom stereocenters. The molecule has 0 nitrogen and oxygen atoms in total. The van der Waals surface area contributed by atoms with E-state index < -0.39 is 134 Å². The zero-order chi connectivity index (χ0) is 40.6. The second-order valence-corrected chi connectivity index (χ2v) is 15.5. The normalized spacial score (nSPS) is 9.75. The number of rotatable bonds is 24. The van der Waals surface area contributed by atoms with Crippen molar-refractivity contribution < 1.29 is 0 Å². The van der Waals surface area contributed by atoms with Crippen molar-refractivity contribution in [2.45, 2.75) is 34.1 Å². The fourth-order valence-corrected chi connectivity index (χ4v) is 9.58. The predicted octanol–water partition coefficient (Wildman–Crippen LogP) is -14.6. The minimum absolute atomic E-state index is 0.0204. The van der Waals surface area contributed by atoms with Crippen LogP contribution in [-0.4, -0.2) is 323 Å². The van der Waals surface area contributed by atoms with Gasteiger partial charge in [0.2, 0.25) is 0 Å². The monoisotopic (exact) mass is 582 g/mol. The van der Waals surface area contributed by atoms with E-state index in [4.69, 9.17) is 162 Å². The lowest BCUT2D eigenvalue weighted by Crippen LogP contribution is -2.95. The summed E-state index contributed by atoms with van der Waals surface area (Å²) in [6.07, 6.45) is -22.6. The third kappa shape index (κ3) is 14.6. The Labute approximate surface area is 354 Å². The molecule has 0 bridgehead atoms. The number of hydrogen-bond acceptors (Lipinski definition) is 0. The van der Waals surface area contributed by atoms with E-state index in [0.29, 0.717) is 0 Å². The number of hydrogen-bond donors (Lipinski definition) is 0. The predicted molar refractivity (Wildman–Crippen MR) is 294 cm³/mol. The summed E-state index contributed by atoms with van der Waals surface area (Å²) in [5.74, 6) is 0. The van der Waals surface area contributed by atoms with Crippen molar-refractivity contribution in [1.29, 1.82) is 0 Å². The van der Waals surface area contributed by atoms with Crippen molar-refractivity contribution in [3.8, 4) is 0 Å². The smallest absolute Gasteiger partial charge is 0.0850 e. The zero-order valence-corrected chi connectivity index (χ0v) is 31.6. The van der Waals surface area contributed by atoms with Crippen LogP contribution in [0.4, 0.5) is 0 Å². The van der Waals surface area contributed by atoms with Gasteiger partial charge in [-0.15, -0.1) is 6.82 Å². The van der Waals surface area contributed by atoms with Gasteiger partial charge in [-0.05, 0) is 0 Å². The third-order valence-electron chi connectivity index (χ3n) is 11.3. The molecule has 0 N–H and O–H groups in total. The molecule has 0 amide bonds. The maximum atomic E-state index is 7.14. The molecule has 0 heterocycles. The summed E-state index contributed by atoms with van der Waals surface area (Å²) < 4.78 is 0. The molecule has 43 radical (unpaired) electrons. The van der Waals surface area contributed by atoms with Crippen molar-refractivity contribution >= 4 is 323 Å². The van der Waals surface area contributed by atoms with Gasteiger partial charge in [0.25, 0.3) is 0 Å². The second kappa shape index (κ2) is 24.8. The summed E-state index contributed by atoms with van der Waals surface area (Å²) in [6, 6.07) is 0. The van der Waals surface area contributed by atoms with E-state index in [1.807, 2.05) is 14.0 Å². The fourth-order valence-electron chi connectivity index (χ4n) is 9.58. The fraction of sp³-hybridized carbons (Fsp3) is 1.00. The first-order valence-corrected chi connectivity index (χ1v) is 17.9. The lowest BCUT2D eigenvalue weighted by atomic mass is 8.25. The molecule has 0 aliphatic carbocycles. The van der Waals surface area contributed by atoms with Crippen LogP contribution < -0.4 is 0 Å². The van der Waals surface area contributed by atoms with E-state index >= 15 is 0 Å². The Morgan fingerprint density at radius 1 is 0.235 bits per heavy atom. The van der Waals surface area contributed by atoms with E-state index in [9.17, 15) is 0 Å². The summed E-state index contributed by atoms with van der Waals surface area (Å²) >= 11 is 0. The van der Waals surface area contributed by atoms with E-state index in [1.165, 1.54) is 0 Å². The highest BCUT2D eigenvalue weighted by Gasteiger charge is 2.60. The lowest BCUT2D eigenvalue weighted by molar-refractivity contribution is 2.05. The Hall–Kier alpha value is 2.99. The summed E-state index contributed by atoms with van der Waals surface area (Å²) in [7, 11) is 140. The van der Waals surface area contributed by atoms with Gasteiger partial charge < -0.3 is 0 Å². The van der Waals surface area contributed by atoms with Gasteiger partial charge in [-0.1, -0.05) is 27.3 Å². The highest BCUT2D eigenvalue weighted by Crippen LogP contribution is 2.23. The Morgan fingerprint density at radius 2 is 0.392 bits per heavy atom. The molecule has 173 valence electrons. The molecule has 0 rings (SSSR count). The molecule has 0 aliphatic heterocycles. The standard InChI is InChI=1S/C5H15B46/c1-27-40(26)47(41(28(2)3)29(4)5)50(46(38(22)23)39(24)25)51(48(42(30(6)7)31(8)9)43(32(10)11)33(12)13)49(44(34(14)15)35(16)17)45(36(18)19)37(20)21/h1-5H3. The van der Waals surface area contributed by atoms with E-state index in [0.717, 1.165) is 0 Å². The zero-order valence-electron chi connectivity index (χ0n) is 31.6. The minimum atomic E-state index is -1.22. The van der Waals surface area contributed by atoms with E-state index in [2.05, 4.69) is 27.3 Å². The van der Waals surface area contributed by atoms with Crippen molar-refractivity contribution in [2.75, 3.05) is 0 Å². The Balaban J connectivity index is 9.62. The van der Waals surface area contributed by atoms with Crippen LogP contribution in [0.2, 0.25) is 34.1 Å². The molecule has 0 aromatic carbocycles. The van der Waals surface area contributed by atoms with Crippen LogP contribution >= 0.6 is 0 Å². The van der Waals surface area contributed by atoms with E-state index in [1.54, 1.807) is 0 Å². The molecule has 0 unspecified atom stereocenters. The first-order valence-electron chi connectivity index (χ1n) is 17.9. The van der Waals surface area contributed by atoms with Crippen molar-refractivity contribution in [2.24, 2.45) is 0 Å². The molecule has 0 fully saturated rings. The van der Waals surface area contributed by atoms with Crippen LogP contribution in [0, 0.1) is 0 Å². The van der Waals surface area contributed by atoms with Crippen LogP contribution in [0.15, 0.2) is 0 Å². The average Bonchev–Trinajstić information content (AvgIpc) is 2.92. The van der Waals surface area contributed by atoms with Gasteiger partial charge in [0, 0.05) is 303 Å². The molecule has 46 heteroatoms. The summed E-state index contributed by atoms with van der Waals surface area (Å²) in [5, 5.41) is 0. The highest BCUT2D eigenvalue weighted by atomic mass is 13.5. The first kappa shape index (κ1) is 54.0. The Kier molecular flexibility index (Phi) is 26.3. The van der Waals surface area contributed by atoms with E-state index in [-0.39, 0.29) is 19.6 Å². The van der Waals surface area contributed by atoms with Gasteiger partial charge in [0.15, 0.2) is 0 Å². The molecule has 0 aromatic heterocycles. The molecule has 0 saturated carbocycles. The van der Waals surface area contributed by atoms with Gasteiger partial charge in [-0.25, -0.2) is 0 Å². The van der Waals surface area contributed by atoms with Crippen LogP contribution in [-0.2, 0) is 0 Å². The van der Waals surface area contributed by atoms with Crippen LogP contribution in [0.3, 0.4) is 0 Å². The van der Waals surface area contributed by atoms with Gasteiger partial charge in [0.05, 0.1) is 20.4 Å². The van der Waals surface area contributed by atoms with Crippen molar-refractivity contribution in [3.63, 3.8) is 0 Å². The summed E-state index contributed by atoms with van der Waals surface area (Å²) in [6.45, 7) is 10.2. The van der Waals surface area contributed by atoms with Crippen molar-refractivity contribution in [3.05, 3.63) is 0 Å². The molecule has 0 saturated heterocycles. The molecular formula is C5H15B46. The topological polar surface area (TPSA) is 0 Å². The lowest BCUT2D eigenvalue weighted by Gasteiger charge is -2.57. The maximum Gasteiger partial charge on any atom is 0.0850 e.